The van der Waals surface area contributed by atoms with Gasteiger partial charge >= 0.3 is 6.09 Å². The van der Waals surface area contributed by atoms with Crippen molar-refractivity contribution in [2.24, 2.45) is 5.92 Å². The van der Waals surface area contributed by atoms with Gasteiger partial charge in [-0.25, -0.2) is 4.79 Å². The highest BCUT2D eigenvalue weighted by molar-refractivity contribution is 7.08. The Kier molecular flexibility index (Phi) is 5.32. The van der Waals surface area contributed by atoms with Crippen molar-refractivity contribution in [3.8, 4) is 0 Å². The van der Waals surface area contributed by atoms with Gasteiger partial charge in [0.1, 0.15) is 6.54 Å². The standard InChI is InChI=1S/C22H26N2O2S/c1-2-11-24-12-8-17(9-13-24)20(15-24)26-22(25)23-21(19-10-14-27-16-19)18-6-4-3-5-7-18/h2-7,10,14,16-17,20-21H,1,8-9,11-13,15H2/p+1/t17?,20?,21-,24?/m1/s1. The molecule has 2 atom stereocenters. The van der Waals surface area contributed by atoms with Crippen molar-refractivity contribution < 1.29 is 14.0 Å². The summed E-state index contributed by atoms with van der Waals surface area (Å²) < 4.78 is 6.97. The zero-order valence-corrected chi connectivity index (χ0v) is 16.4. The molecule has 0 saturated carbocycles. The summed E-state index contributed by atoms with van der Waals surface area (Å²) in [6.45, 7) is 8.16. The second-order valence-electron chi connectivity index (χ2n) is 7.77. The molecule has 5 heteroatoms. The maximum absolute atomic E-state index is 12.8. The van der Waals surface area contributed by atoms with Crippen LogP contribution < -0.4 is 5.32 Å². The number of quaternary nitrogens is 1. The molecule has 3 aliphatic rings. The number of carbonyl (C=O) groups is 1. The summed E-state index contributed by atoms with van der Waals surface area (Å²) in [5.41, 5.74) is 2.16. The molecule has 1 N–H and O–H groups in total. The van der Waals surface area contributed by atoms with E-state index < -0.39 is 0 Å². The third-order valence-electron chi connectivity index (χ3n) is 6.09. The van der Waals surface area contributed by atoms with Gasteiger partial charge in [0.2, 0.25) is 0 Å². The van der Waals surface area contributed by atoms with E-state index in [2.05, 4.69) is 23.3 Å². The lowest BCUT2D eigenvalue weighted by Crippen LogP contribution is -2.64. The van der Waals surface area contributed by atoms with Crippen molar-refractivity contribution in [2.75, 3.05) is 26.2 Å². The van der Waals surface area contributed by atoms with E-state index in [1.165, 1.54) is 13.1 Å². The highest BCUT2D eigenvalue weighted by Crippen LogP contribution is 2.35. The van der Waals surface area contributed by atoms with Crippen LogP contribution in [0.2, 0.25) is 0 Å². The molecule has 2 bridgehead atoms. The molecule has 3 aliphatic heterocycles. The van der Waals surface area contributed by atoms with E-state index in [0.29, 0.717) is 5.92 Å². The van der Waals surface area contributed by atoms with Crippen LogP contribution in [0.15, 0.2) is 59.8 Å². The minimum absolute atomic E-state index is 0.00588. The van der Waals surface area contributed by atoms with Gasteiger partial charge in [0.15, 0.2) is 6.10 Å². The molecule has 142 valence electrons. The average Bonchev–Trinajstić information content (AvgIpc) is 3.22. The van der Waals surface area contributed by atoms with Gasteiger partial charge in [0.05, 0.1) is 25.7 Å². The number of fused-ring (bicyclic) bond motifs is 3. The van der Waals surface area contributed by atoms with E-state index in [1.54, 1.807) is 11.3 Å². The predicted octanol–water partition coefficient (Wildman–Crippen LogP) is 4.36. The Hall–Kier alpha value is -2.11. The third kappa shape index (κ3) is 3.94. The first-order valence-corrected chi connectivity index (χ1v) is 10.6. The number of alkyl carbamates (subject to hydrolysis) is 1. The number of hydrogen-bond acceptors (Lipinski definition) is 3. The second-order valence-corrected chi connectivity index (χ2v) is 8.55. The molecule has 0 radical (unpaired) electrons. The lowest BCUT2D eigenvalue weighted by molar-refractivity contribution is -0.941. The minimum atomic E-state index is -0.314. The largest absolute Gasteiger partial charge is 0.440 e. The molecule has 3 fully saturated rings. The Bertz CT molecular complexity index is 767. The van der Waals surface area contributed by atoms with Crippen LogP contribution in [-0.2, 0) is 4.74 Å². The molecule has 1 unspecified atom stereocenters. The predicted molar refractivity (Wildman–Crippen MR) is 109 cm³/mol. The van der Waals surface area contributed by atoms with Crippen LogP contribution in [0.1, 0.15) is 30.0 Å². The van der Waals surface area contributed by atoms with Crippen LogP contribution in [0, 0.1) is 5.92 Å². The number of nitrogens with one attached hydrogen (secondary N) is 1. The van der Waals surface area contributed by atoms with Gasteiger partial charge in [-0.05, 0) is 34.0 Å². The van der Waals surface area contributed by atoms with Gasteiger partial charge in [-0.1, -0.05) is 36.9 Å². The Morgan fingerprint density at radius 1 is 1.26 bits per heavy atom. The van der Waals surface area contributed by atoms with E-state index in [4.69, 9.17) is 4.74 Å². The molecule has 5 rings (SSSR count). The fourth-order valence-electron chi connectivity index (χ4n) is 4.62. The van der Waals surface area contributed by atoms with Gasteiger partial charge in [-0.3, -0.25) is 0 Å². The first kappa shape index (κ1) is 18.3. The molecule has 4 heterocycles. The highest BCUT2D eigenvalue weighted by atomic mass is 32.1. The topological polar surface area (TPSA) is 38.3 Å². The third-order valence-corrected chi connectivity index (χ3v) is 6.79. The van der Waals surface area contributed by atoms with E-state index in [9.17, 15) is 4.79 Å². The molecule has 27 heavy (non-hydrogen) atoms. The van der Waals surface area contributed by atoms with Crippen molar-refractivity contribution in [3.05, 3.63) is 70.9 Å². The maximum atomic E-state index is 12.8. The number of benzene rings is 1. The van der Waals surface area contributed by atoms with E-state index >= 15 is 0 Å². The van der Waals surface area contributed by atoms with Gasteiger partial charge in [-0.2, -0.15) is 11.3 Å². The second kappa shape index (κ2) is 7.87. The molecule has 3 saturated heterocycles. The van der Waals surface area contributed by atoms with Crippen molar-refractivity contribution in [3.63, 3.8) is 0 Å². The smallest absolute Gasteiger partial charge is 0.408 e. The number of ether oxygens (including phenoxy) is 1. The van der Waals surface area contributed by atoms with Crippen LogP contribution >= 0.6 is 11.3 Å². The van der Waals surface area contributed by atoms with Crippen molar-refractivity contribution in [1.29, 1.82) is 0 Å². The number of carbonyl (C=O) groups excluding carboxylic acids is 1. The summed E-state index contributed by atoms with van der Waals surface area (Å²) in [6.07, 6.45) is 3.97. The Balaban J connectivity index is 1.45. The van der Waals surface area contributed by atoms with E-state index in [-0.39, 0.29) is 18.2 Å². The Morgan fingerprint density at radius 2 is 2.04 bits per heavy atom. The van der Waals surface area contributed by atoms with Gasteiger partial charge in [0, 0.05) is 18.8 Å². The van der Waals surface area contributed by atoms with Crippen molar-refractivity contribution in [1.82, 2.24) is 5.32 Å². The summed E-state index contributed by atoms with van der Waals surface area (Å²) in [5, 5.41) is 7.22. The molecule has 4 nitrogen and oxygen atoms in total. The quantitative estimate of drug-likeness (QED) is 0.595. The van der Waals surface area contributed by atoms with Crippen LogP contribution in [0.5, 0.6) is 0 Å². The van der Waals surface area contributed by atoms with Crippen LogP contribution in [0.3, 0.4) is 0 Å². The summed E-state index contributed by atoms with van der Waals surface area (Å²) in [5.74, 6) is 0.497. The summed E-state index contributed by atoms with van der Waals surface area (Å²) >= 11 is 1.64. The molecule has 0 spiro atoms. The monoisotopic (exact) mass is 383 g/mol. The van der Waals surface area contributed by atoms with Crippen LogP contribution in [-0.4, -0.2) is 42.9 Å². The van der Waals surface area contributed by atoms with Crippen LogP contribution in [0.4, 0.5) is 4.79 Å². The molecule has 1 aromatic heterocycles. The number of amides is 1. The fourth-order valence-corrected chi connectivity index (χ4v) is 5.30. The number of thiophene rings is 1. The zero-order valence-electron chi connectivity index (χ0n) is 15.5. The zero-order chi connectivity index (χ0) is 18.7. The molecule has 1 aromatic carbocycles. The maximum Gasteiger partial charge on any atom is 0.408 e. The van der Waals surface area contributed by atoms with E-state index in [0.717, 1.165) is 41.5 Å². The SMILES string of the molecule is C=CC[N+]12CCC(CC1)C(OC(=O)N[C@H](c1ccccc1)c1ccsc1)C2. The lowest BCUT2D eigenvalue weighted by atomic mass is 9.83. The summed E-state index contributed by atoms with van der Waals surface area (Å²) in [6, 6.07) is 11.9. The molecule has 2 aromatic rings. The lowest BCUT2D eigenvalue weighted by Gasteiger charge is -2.51. The van der Waals surface area contributed by atoms with Crippen LogP contribution in [0.25, 0.3) is 0 Å². The first-order chi connectivity index (χ1) is 13.2. The van der Waals surface area contributed by atoms with Gasteiger partial charge in [-0.15, -0.1) is 0 Å². The summed E-state index contributed by atoms with van der Waals surface area (Å²) in [4.78, 5) is 12.8. The minimum Gasteiger partial charge on any atom is -0.440 e. The van der Waals surface area contributed by atoms with Gasteiger partial charge < -0.3 is 14.5 Å². The van der Waals surface area contributed by atoms with E-state index in [1.807, 2.05) is 41.8 Å². The summed E-state index contributed by atoms with van der Waals surface area (Å²) in [7, 11) is 0. The molecular weight excluding hydrogens is 356 g/mol. The molecule has 0 aliphatic carbocycles. The fraction of sp³-hybridized carbons (Fsp3) is 0.409. The average molecular weight is 384 g/mol. The highest BCUT2D eigenvalue weighted by Gasteiger charge is 2.47. The van der Waals surface area contributed by atoms with Crippen molar-refractivity contribution in [2.45, 2.75) is 25.0 Å². The number of rotatable bonds is 6. The molecular formula is C22H27N2O2S+. The molecule has 1 amide bonds. The normalized spacial score (nSPS) is 27.7. The van der Waals surface area contributed by atoms with Crippen molar-refractivity contribution >= 4 is 17.4 Å². The van der Waals surface area contributed by atoms with Gasteiger partial charge in [0.25, 0.3) is 0 Å². The Labute approximate surface area is 165 Å². The first-order valence-electron chi connectivity index (χ1n) is 9.69. The number of hydrogen-bond donors (Lipinski definition) is 1. The number of nitrogens with zero attached hydrogens (tertiary/aromatic N) is 1. The number of piperidine rings is 3. The Morgan fingerprint density at radius 3 is 2.70 bits per heavy atom.